The number of aliphatic hydroxyl groups is 1. The predicted octanol–water partition coefficient (Wildman–Crippen LogP) is 7.84. The number of aliphatic hydroxyl groups excluding tert-OH is 1. The van der Waals surface area contributed by atoms with Gasteiger partial charge in [-0.1, -0.05) is 105 Å². The van der Waals surface area contributed by atoms with Gasteiger partial charge in [-0.15, -0.1) is 11.8 Å². The van der Waals surface area contributed by atoms with Gasteiger partial charge in [0.15, 0.2) is 6.29 Å². The highest BCUT2D eigenvalue weighted by molar-refractivity contribution is 7.99. The molecular weight excluding hydrogens is 558 g/mol. The normalized spacial score (nSPS) is 19.9. The van der Waals surface area contributed by atoms with E-state index in [4.69, 9.17) is 14.2 Å². The van der Waals surface area contributed by atoms with Crippen LogP contribution in [0.25, 0.3) is 11.1 Å². The summed E-state index contributed by atoms with van der Waals surface area (Å²) >= 11 is 1.79. The topological polar surface area (TPSA) is 77.0 Å². The summed E-state index contributed by atoms with van der Waals surface area (Å²) in [7, 11) is 0. The summed E-state index contributed by atoms with van der Waals surface area (Å²) in [5.74, 6) is 0.924. The quantitative estimate of drug-likeness (QED) is 0.136. The van der Waals surface area contributed by atoms with E-state index in [-0.39, 0.29) is 31.3 Å². The molecule has 0 radical (unpaired) electrons. The molecule has 1 saturated heterocycles. The number of ether oxygens (including phenoxy) is 3. The number of nitrogens with one attached hydrogen (secondary N) is 1. The number of hydrogen-bond donors (Lipinski definition) is 2. The second kappa shape index (κ2) is 15.0. The van der Waals surface area contributed by atoms with Gasteiger partial charge in [0.05, 0.1) is 18.8 Å². The Labute approximate surface area is 257 Å². The first-order valence-electron chi connectivity index (χ1n) is 14.4. The third-order valence-corrected chi connectivity index (χ3v) is 8.59. The minimum absolute atomic E-state index is 0.0114. The molecule has 43 heavy (non-hydrogen) atoms. The molecule has 1 amide bonds. The first-order chi connectivity index (χ1) is 21.0. The molecular formula is C36H37NO5S. The van der Waals surface area contributed by atoms with Gasteiger partial charge in [-0.25, -0.2) is 4.79 Å². The summed E-state index contributed by atoms with van der Waals surface area (Å²) in [4.78, 5) is 13.0. The van der Waals surface area contributed by atoms with Crippen LogP contribution >= 0.6 is 11.8 Å². The summed E-state index contributed by atoms with van der Waals surface area (Å²) in [5, 5.41) is 12.3. The lowest BCUT2D eigenvalue weighted by Gasteiger charge is -2.41. The Hall–Kier alpha value is -3.88. The highest BCUT2D eigenvalue weighted by Gasteiger charge is 2.38. The minimum Gasteiger partial charge on any atom is -0.445 e. The molecule has 4 aromatic carbocycles. The van der Waals surface area contributed by atoms with E-state index in [1.54, 1.807) is 11.8 Å². The Morgan fingerprint density at radius 1 is 0.907 bits per heavy atom. The van der Waals surface area contributed by atoms with Gasteiger partial charge in [-0.05, 0) is 46.0 Å². The van der Waals surface area contributed by atoms with Gasteiger partial charge in [-0.2, -0.15) is 0 Å². The number of amides is 1. The van der Waals surface area contributed by atoms with Gasteiger partial charge in [0.2, 0.25) is 0 Å². The molecule has 6 nitrogen and oxygen atoms in total. The van der Waals surface area contributed by atoms with Crippen molar-refractivity contribution in [2.75, 3.05) is 12.4 Å². The molecule has 222 valence electrons. The van der Waals surface area contributed by atoms with Gasteiger partial charge < -0.3 is 24.6 Å². The molecule has 4 aromatic rings. The van der Waals surface area contributed by atoms with Crippen LogP contribution in [-0.4, -0.2) is 29.7 Å². The zero-order chi connectivity index (χ0) is 30.0. The predicted molar refractivity (Wildman–Crippen MR) is 170 cm³/mol. The molecule has 0 bridgehead atoms. The van der Waals surface area contributed by atoms with E-state index in [1.165, 1.54) is 11.0 Å². The van der Waals surface area contributed by atoms with Gasteiger partial charge in [0, 0.05) is 28.7 Å². The van der Waals surface area contributed by atoms with Crippen LogP contribution in [0.15, 0.2) is 121 Å². The fraction of sp³-hybridized carbons (Fsp3) is 0.250. The fourth-order valence-electron chi connectivity index (χ4n) is 5.06. The van der Waals surface area contributed by atoms with Crippen molar-refractivity contribution >= 4 is 17.9 Å². The van der Waals surface area contributed by atoms with Crippen LogP contribution in [0.3, 0.4) is 0 Å². The van der Waals surface area contributed by atoms with Gasteiger partial charge in [0.1, 0.15) is 6.61 Å². The Bertz CT molecular complexity index is 1480. The number of thioether (sulfide) groups is 1. The number of alkyl carbamates (subject to hydrolysis) is 1. The van der Waals surface area contributed by atoms with Crippen molar-refractivity contribution in [1.82, 2.24) is 5.32 Å². The molecule has 1 fully saturated rings. The summed E-state index contributed by atoms with van der Waals surface area (Å²) in [6, 6.07) is 34.7. The Morgan fingerprint density at radius 3 is 2.37 bits per heavy atom. The fourth-order valence-corrected chi connectivity index (χ4v) is 6.15. The first kappa shape index (κ1) is 30.6. The second-order valence-corrected chi connectivity index (χ2v) is 11.6. The van der Waals surface area contributed by atoms with Crippen molar-refractivity contribution in [2.45, 2.75) is 43.5 Å². The van der Waals surface area contributed by atoms with Crippen molar-refractivity contribution in [3.05, 3.63) is 138 Å². The number of carbonyl (C=O) groups excluding carboxylic acids is 1. The van der Waals surface area contributed by atoms with Crippen LogP contribution in [-0.2, 0) is 27.4 Å². The SMILES string of the molecule is C=CCOC(=O)NCc1cccc(-c2ccc(C3OC(CSc4ccccc4)C(C)C(c4ccc(CO)cc4)O3)cc2)c1. The van der Waals surface area contributed by atoms with Crippen LogP contribution in [0, 0.1) is 5.92 Å². The molecule has 0 aliphatic carbocycles. The smallest absolute Gasteiger partial charge is 0.407 e. The number of carbonyl (C=O) groups is 1. The lowest BCUT2D eigenvalue weighted by Crippen LogP contribution is -2.38. The van der Waals surface area contributed by atoms with Gasteiger partial charge >= 0.3 is 6.09 Å². The Balaban J connectivity index is 1.32. The lowest BCUT2D eigenvalue weighted by molar-refractivity contribution is -0.268. The van der Waals surface area contributed by atoms with Gasteiger partial charge in [0.25, 0.3) is 0 Å². The molecule has 0 saturated carbocycles. The standard InChI is InChI=1S/C36H37NO5S/c1-3-20-40-36(39)37-22-27-8-7-9-31(21-27)28-16-18-30(19-17-28)35-41-33(24-43-32-10-5-4-6-11-32)25(2)34(42-35)29-14-12-26(23-38)13-15-29/h3-19,21,25,33-35,38H,1,20,22-24H2,2H3,(H,37,39). The van der Waals surface area contributed by atoms with E-state index in [1.807, 2.05) is 48.5 Å². The van der Waals surface area contributed by atoms with E-state index < -0.39 is 12.4 Å². The summed E-state index contributed by atoms with van der Waals surface area (Å²) in [6.07, 6.45) is 0.349. The Morgan fingerprint density at radius 2 is 1.65 bits per heavy atom. The molecule has 7 heteroatoms. The average Bonchev–Trinajstić information content (AvgIpc) is 3.06. The summed E-state index contributed by atoms with van der Waals surface area (Å²) in [5.41, 5.74) is 5.96. The van der Waals surface area contributed by atoms with Crippen molar-refractivity contribution in [3.8, 4) is 11.1 Å². The highest BCUT2D eigenvalue weighted by atomic mass is 32.2. The minimum atomic E-state index is -0.522. The molecule has 5 rings (SSSR count). The van der Waals surface area contributed by atoms with Crippen molar-refractivity contribution in [3.63, 3.8) is 0 Å². The van der Waals surface area contributed by atoms with Crippen molar-refractivity contribution in [2.24, 2.45) is 5.92 Å². The van der Waals surface area contributed by atoms with E-state index in [9.17, 15) is 9.90 Å². The van der Waals surface area contributed by atoms with Crippen LogP contribution < -0.4 is 5.32 Å². The molecule has 4 atom stereocenters. The molecule has 0 spiro atoms. The average molecular weight is 596 g/mol. The first-order valence-corrected chi connectivity index (χ1v) is 15.4. The van der Waals surface area contributed by atoms with Crippen LogP contribution in [0.2, 0.25) is 0 Å². The largest absolute Gasteiger partial charge is 0.445 e. The van der Waals surface area contributed by atoms with Gasteiger partial charge in [-0.3, -0.25) is 0 Å². The molecule has 2 N–H and O–H groups in total. The zero-order valence-corrected chi connectivity index (χ0v) is 25.0. The molecule has 4 unspecified atom stereocenters. The number of benzene rings is 4. The second-order valence-electron chi connectivity index (χ2n) is 10.5. The maximum absolute atomic E-state index is 11.8. The number of hydrogen-bond acceptors (Lipinski definition) is 6. The molecule has 1 aliphatic rings. The van der Waals surface area contributed by atoms with Crippen LogP contribution in [0.1, 0.15) is 41.6 Å². The highest BCUT2D eigenvalue weighted by Crippen LogP contribution is 2.43. The van der Waals surface area contributed by atoms with E-state index in [2.05, 4.69) is 73.4 Å². The molecule has 0 aromatic heterocycles. The van der Waals surface area contributed by atoms with Crippen molar-refractivity contribution in [1.29, 1.82) is 0 Å². The van der Waals surface area contributed by atoms with E-state index in [0.717, 1.165) is 39.1 Å². The monoisotopic (exact) mass is 595 g/mol. The summed E-state index contributed by atoms with van der Waals surface area (Å²) < 4.78 is 18.2. The van der Waals surface area contributed by atoms with Crippen LogP contribution in [0.5, 0.6) is 0 Å². The van der Waals surface area contributed by atoms with E-state index >= 15 is 0 Å². The molecule has 1 aliphatic heterocycles. The lowest BCUT2D eigenvalue weighted by atomic mass is 9.91. The van der Waals surface area contributed by atoms with Crippen LogP contribution in [0.4, 0.5) is 4.79 Å². The third kappa shape index (κ3) is 8.15. The maximum atomic E-state index is 11.8. The zero-order valence-electron chi connectivity index (χ0n) is 24.2. The third-order valence-electron chi connectivity index (χ3n) is 7.49. The van der Waals surface area contributed by atoms with Crippen molar-refractivity contribution < 1.29 is 24.1 Å². The Kier molecular flexibility index (Phi) is 10.7. The maximum Gasteiger partial charge on any atom is 0.407 e. The number of rotatable bonds is 11. The summed E-state index contributed by atoms with van der Waals surface area (Å²) in [6.45, 7) is 6.29. The van der Waals surface area contributed by atoms with E-state index in [0.29, 0.717) is 6.54 Å². The molecule has 1 heterocycles.